The molecule has 0 spiro atoms. The summed E-state index contributed by atoms with van der Waals surface area (Å²) in [6.07, 6.45) is -0.220. The van der Waals surface area contributed by atoms with Gasteiger partial charge in [-0.15, -0.1) is 0 Å². The summed E-state index contributed by atoms with van der Waals surface area (Å²) in [5.41, 5.74) is 1.06. The Bertz CT molecular complexity index is 843. The molecule has 3 atom stereocenters. The van der Waals surface area contributed by atoms with Gasteiger partial charge < -0.3 is 18.9 Å². The predicted octanol–water partition coefficient (Wildman–Crippen LogP) is 1.74. The molecule has 0 saturated carbocycles. The van der Waals surface area contributed by atoms with Gasteiger partial charge in [0.1, 0.15) is 23.7 Å². The fraction of sp³-hybridized carbons (Fsp3) is 0.350. The van der Waals surface area contributed by atoms with Gasteiger partial charge in [0.05, 0.1) is 20.3 Å². The topological polar surface area (TPSA) is 91.4 Å². The van der Waals surface area contributed by atoms with E-state index in [9.17, 15) is 14.4 Å². The largest absolute Gasteiger partial charge is 0.497 e. The molecule has 148 valence electrons. The van der Waals surface area contributed by atoms with Crippen molar-refractivity contribution < 1.29 is 33.3 Å². The van der Waals surface area contributed by atoms with Crippen LogP contribution in [-0.4, -0.2) is 50.3 Å². The number of carbonyl (C=O) groups is 3. The summed E-state index contributed by atoms with van der Waals surface area (Å²) in [7, 11) is 2.79. The van der Waals surface area contributed by atoms with E-state index in [1.165, 1.54) is 18.9 Å². The first kappa shape index (κ1) is 19.5. The van der Waals surface area contributed by atoms with Gasteiger partial charge in [0, 0.05) is 19.0 Å². The van der Waals surface area contributed by atoms with E-state index in [4.69, 9.17) is 14.2 Å². The zero-order valence-corrected chi connectivity index (χ0v) is 15.8. The SMILES string of the molecule is C=C1C[C@@H](OC(C)=O)[C@H]2[C@@H](O/C1=C/C(=O)OC)C(=O)N2c1ccc(OC)cc1. The number of nitrogens with zero attached hydrogens (tertiary/aromatic N) is 1. The number of fused-ring (bicyclic) bond motifs is 1. The fourth-order valence-corrected chi connectivity index (χ4v) is 3.32. The second-order valence-electron chi connectivity index (χ2n) is 6.42. The number of amides is 1. The van der Waals surface area contributed by atoms with Gasteiger partial charge in [0.2, 0.25) is 6.10 Å². The lowest BCUT2D eigenvalue weighted by atomic mass is 9.89. The highest BCUT2D eigenvalue weighted by molar-refractivity contribution is 6.05. The number of methoxy groups -OCH3 is 2. The summed E-state index contributed by atoms with van der Waals surface area (Å²) in [5, 5.41) is 0. The maximum Gasteiger partial charge on any atom is 0.334 e. The average Bonchev–Trinajstić information content (AvgIpc) is 2.77. The van der Waals surface area contributed by atoms with E-state index in [0.29, 0.717) is 17.0 Å². The number of β-lactam (4-membered cyclic amide) rings is 1. The zero-order chi connectivity index (χ0) is 20.4. The number of benzene rings is 1. The zero-order valence-electron chi connectivity index (χ0n) is 15.8. The molecular formula is C20H21NO7. The number of anilines is 1. The molecule has 0 aromatic heterocycles. The van der Waals surface area contributed by atoms with Gasteiger partial charge in [0.25, 0.3) is 5.91 Å². The second-order valence-corrected chi connectivity index (χ2v) is 6.42. The minimum atomic E-state index is -0.901. The first-order valence-electron chi connectivity index (χ1n) is 8.64. The van der Waals surface area contributed by atoms with E-state index in [1.807, 2.05) is 0 Å². The maximum absolute atomic E-state index is 12.8. The van der Waals surface area contributed by atoms with Crippen molar-refractivity contribution in [1.82, 2.24) is 0 Å². The van der Waals surface area contributed by atoms with Gasteiger partial charge in [-0.2, -0.15) is 0 Å². The van der Waals surface area contributed by atoms with Crippen LogP contribution in [0, 0.1) is 0 Å². The van der Waals surface area contributed by atoms with Gasteiger partial charge >= 0.3 is 11.9 Å². The molecule has 1 aromatic carbocycles. The molecular weight excluding hydrogens is 366 g/mol. The number of carbonyl (C=O) groups excluding carboxylic acids is 3. The number of ether oxygens (including phenoxy) is 4. The number of allylic oxidation sites excluding steroid dienone is 1. The first-order valence-corrected chi connectivity index (χ1v) is 8.64. The second kappa shape index (κ2) is 7.75. The van der Waals surface area contributed by atoms with Crippen LogP contribution in [0.5, 0.6) is 5.75 Å². The van der Waals surface area contributed by atoms with Gasteiger partial charge in [-0.3, -0.25) is 14.5 Å². The Morgan fingerprint density at radius 2 is 1.93 bits per heavy atom. The van der Waals surface area contributed by atoms with Gasteiger partial charge in [-0.1, -0.05) is 6.58 Å². The minimum absolute atomic E-state index is 0.152. The summed E-state index contributed by atoms with van der Waals surface area (Å²) in [6.45, 7) is 5.20. The molecule has 2 heterocycles. The van der Waals surface area contributed by atoms with Crippen molar-refractivity contribution in [2.24, 2.45) is 0 Å². The van der Waals surface area contributed by atoms with Crippen LogP contribution in [0.3, 0.4) is 0 Å². The predicted molar refractivity (Wildman–Crippen MR) is 98.6 cm³/mol. The number of esters is 2. The lowest BCUT2D eigenvalue weighted by Crippen LogP contribution is -2.70. The maximum atomic E-state index is 12.8. The van der Waals surface area contributed by atoms with Crippen molar-refractivity contribution in [2.45, 2.75) is 31.6 Å². The van der Waals surface area contributed by atoms with E-state index >= 15 is 0 Å². The summed E-state index contributed by atoms with van der Waals surface area (Å²) >= 11 is 0. The standard InChI is InChI=1S/C20H21NO7/c1-11-9-16(27-12(2)22)18-19(28-15(11)10-17(23)26-4)20(24)21(18)13-5-7-14(25-3)8-6-13/h5-8,10,16,18-19H,1,9H2,2-4H3/b15-10+/t16-,18+,19-/m1/s1. The Labute approximate surface area is 162 Å². The van der Waals surface area contributed by atoms with E-state index in [1.54, 1.807) is 31.4 Å². The molecule has 0 N–H and O–H groups in total. The molecule has 3 rings (SSSR count). The van der Waals surface area contributed by atoms with Crippen LogP contribution in [0.2, 0.25) is 0 Å². The monoisotopic (exact) mass is 387 g/mol. The van der Waals surface area contributed by atoms with Crippen molar-refractivity contribution in [1.29, 1.82) is 0 Å². The Kier molecular flexibility index (Phi) is 5.39. The summed E-state index contributed by atoms with van der Waals surface area (Å²) in [6, 6.07) is 6.39. The lowest BCUT2D eigenvalue weighted by Gasteiger charge is -2.47. The van der Waals surface area contributed by atoms with Crippen LogP contribution < -0.4 is 9.64 Å². The van der Waals surface area contributed by atoms with Crippen LogP contribution >= 0.6 is 0 Å². The lowest BCUT2D eigenvalue weighted by molar-refractivity contribution is -0.156. The van der Waals surface area contributed by atoms with Crippen LogP contribution in [0.4, 0.5) is 5.69 Å². The average molecular weight is 387 g/mol. The van der Waals surface area contributed by atoms with Crippen molar-refractivity contribution in [2.75, 3.05) is 19.1 Å². The smallest absolute Gasteiger partial charge is 0.334 e. The molecule has 2 aliphatic heterocycles. The third-order valence-corrected chi connectivity index (χ3v) is 4.64. The van der Waals surface area contributed by atoms with E-state index in [2.05, 4.69) is 11.3 Å². The number of hydrogen-bond donors (Lipinski definition) is 0. The highest BCUT2D eigenvalue weighted by Gasteiger charge is 2.56. The molecule has 2 fully saturated rings. The summed E-state index contributed by atoms with van der Waals surface area (Å²) in [4.78, 5) is 37.6. The van der Waals surface area contributed by atoms with Crippen molar-refractivity contribution in [3.63, 3.8) is 0 Å². The Morgan fingerprint density at radius 3 is 2.50 bits per heavy atom. The molecule has 1 amide bonds. The van der Waals surface area contributed by atoms with E-state index in [0.717, 1.165) is 6.08 Å². The fourth-order valence-electron chi connectivity index (χ4n) is 3.32. The van der Waals surface area contributed by atoms with E-state index in [-0.39, 0.29) is 18.1 Å². The highest BCUT2D eigenvalue weighted by atomic mass is 16.6. The molecule has 8 heteroatoms. The van der Waals surface area contributed by atoms with Crippen LogP contribution in [-0.2, 0) is 28.6 Å². The molecule has 0 radical (unpaired) electrons. The highest BCUT2D eigenvalue weighted by Crippen LogP contribution is 2.40. The molecule has 0 unspecified atom stereocenters. The first-order chi connectivity index (χ1) is 13.3. The molecule has 8 nitrogen and oxygen atoms in total. The van der Waals surface area contributed by atoms with Gasteiger partial charge in [-0.05, 0) is 29.8 Å². The molecule has 0 bridgehead atoms. The summed E-state index contributed by atoms with van der Waals surface area (Å²) in [5.74, 6) is -0.612. The Hall–Kier alpha value is -3.29. The third kappa shape index (κ3) is 3.58. The Balaban J connectivity index is 1.95. The van der Waals surface area contributed by atoms with Gasteiger partial charge in [0.15, 0.2) is 0 Å². The summed E-state index contributed by atoms with van der Waals surface area (Å²) < 4.78 is 21.0. The van der Waals surface area contributed by atoms with Crippen LogP contribution in [0.1, 0.15) is 13.3 Å². The molecule has 28 heavy (non-hydrogen) atoms. The van der Waals surface area contributed by atoms with Crippen LogP contribution in [0.25, 0.3) is 0 Å². The number of hydrogen-bond acceptors (Lipinski definition) is 7. The van der Waals surface area contributed by atoms with Crippen LogP contribution in [0.15, 0.2) is 48.3 Å². The van der Waals surface area contributed by atoms with Crippen molar-refractivity contribution >= 4 is 23.5 Å². The molecule has 0 aliphatic carbocycles. The minimum Gasteiger partial charge on any atom is -0.497 e. The normalized spacial score (nSPS) is 25.2. The van der Waals surface area contributed by atoms with Gasteiger partial charge in [-0.25, -0.2) is 4.79 Å². The molecule has 2 aliphatic rings. The molecule has 2 saturated heterocycles. The van der Waals surface area contributed by atoms with E-state index < -0.39 is 30.2 Å². The number of rotatable bonds is 4. The Morgan fingerprint density at radius 1 is 1.25 bits per heavy atom. The molecule has 1 aromatic rings. The third-order valence-electron chi connectivity index (χ3n) is 4.64. The quantitative estimate of drug-likeness (QED) is 0.441. The van der Waals surface area contributed by atoms with Crippen molar-refractivity contribution in [3.05, 3.63) is 48.3 Å². The van der Waals surface area contributed by atoms with Crippen molar-refractivity contribution in [3.8, 4) is 5.75 Å².